The average Bonchev–Trinajstić information content (AvgIpc) is 2.17. The van der Waals surface area contributed by atoms with Crippen molar-refractivity contribution in [2.24, 2.45) is 0 Å². The zero-order valence-corrected chi connectivity index (χ0v) is 10.5. The fourth-order valence-corrected chi connectivity index (χ4v) is 2.23. The number of methoxy groups -OCH3 is 1. The first-order valence-corrected chi connectivity index (χ1v) is 5.95. The highest BCUT2D eigenvalue weighted by Crippen LogP contribution is 2.20. The first-order valence-electron chi connectivity index (χ1n) is 5.01. The first kappa shape index (κ1) is 14.3. The maximum Gasteiger partial charge on any atom is 0.306 e. The molecule has 2 atom stereocenters. The number of amides is 1. The molecule has 0 aliphatic heterocycles. The molecule has 88 valence electrons. The van der Waals surface area contributed by atoms with Crippen LogP contribution >= 0.6 is 11.8 Å². The molecule has 0 aliphatic rings. The molecule has 0 spiro atoms. The number of esters is 1. The van der Waals surface area contributed by atoms with Crippen LogP contribution in [0.5, 0.6) is 0 Å². The molecule has 0 aromatic rings. The molecule has 0 aromatic heterocycles. The van der Waals surface area contributed by atoms with Gasteiger partial charge in [-0.2, -0.15) is 0 Å². The minimum absolute atomic E-state index is 0.0132. The van der Waals surface area contributed by atoms with Gasteiger partial charge in [0.1, 0.15) is 0 Å². The highest BCUT2D eigenvalue weighted by molar-refractivity contribution is 8.01. The van der Waals surface area contributed by atoms with Crippen LogP contribution in [0.1, 0.15) is 27.2 Å². The lowest BCUT2D eigenvalue weighted by atomic mass is 10.3. The van der Waals surface area contributed by atoms with Gasteiger partial charge in [-0.3, -0.25) is 9.59 Å². The van der Waals surface area contributed by atoms with Crippen LogP contribution in [0.2, 0.25) is 0 Å². The minimum atomic E-state index is -0.238. The molecule has 1 N–H and O–H groups in total. The second kappa shape index (κ2) is 7.56. The standard InChI is InChI=1S/C10H19NO3S/c1-5-11-10(13)8(3)15-7(2)6-9(12)14-4/h7-8H,5-6H2,1-4H3,(H,11,13). The van der Waals surface area contributed by atoms with E-state index in [1.807, 2.05) is 20.8 Å². The predicted octanol–water partition coefficient (Wildman–Crippen LogP) is 1.20. The Bertz CT molecular complexity index is 221. The molecule has 0 aliphatic carbocycles. The van der Waals surface area contributed by atoms with Crippen LogP contribution in [-0.2, 0) is 14.3 Å². The summed E-state index contributed by atoms with van der Waals surface area (Å²) in [7, 11) is 1.37. The average molecular weight is 233 g/mol. The molecule has 0 radical (unpaired) electrons. The Morgan fingerprint density at radius 1 is 1.40 bits per heavy atom. The summed E-state index contributed by atoms with van der Waals surface area (Å²) in [6.07, 6.45) is 0.338. The van der Waals surface area contributed by atoms with E-state index in [4.69, 9.17) is 0 Å². The van der Waals surface area contributed by atoms with Gasteiger partial charge < -0.3 is 10.1 Å². The SMILES string of the molecule is CCNC(=O)C(C)SC(C)CC(=O)OC. The van der Waals surface area contributed by atoms with Gasteiger partial charge in [-0.05, 0) is 13.8 Å². The van der Waals surface area contributed by atoms with Crippen molar-refractivity contribution in [1.82, 2.24) is 5.32 Å². The number of hydrogen-bond acceptors (Lipinski definition) is 4. The molecule has 0 fully saturated rings. The number of thioether (sulfide) groups is 1. The molecule has 1 amide bonds. The Morgan fingerprint density at radius 3 is 2.47 bits per heavy atom. The Hall–Kier alpha value is -0.710. The molecule has 5 heteroatoms. The van der Waals surface area contributed by atoms with E-state index < -0.39 is 0 Å². The van der Waals surface area contributed by atoms with Crippen LogP contribution in [0.15, 0.2) is 0 Å². The van der Waals surface area contributed by atoms with E-state index in [0.717, 1.165) is 0 Å². The van der Waals surface area contributed by atoms with Crippen molar-refractivity contribution in [2.45, 2.75) is 37.7 Å². The number of carbonyl (C=O) groups excluding carboxylic acids is 2. The summed E-state index contributed by atoms with van der Waals surface area (Å²) in [5.74, 6) is -0.225. The molecular weight excluding hydrogens is 214 g/mol. The zero-order chi connectivity index (χ0) is 11.8. The molecular formula is C10H19NO3S. The van der Waals surface area contributed by atoms with Crippen LogP contribution in [0.25, 0.3) is 0 Å². The van der Waals surface area contributed by atoms with E-state index in [-0.39, 0.29) is 22.4 Å². The lowest BCUT2D eigenvalue weighted by molar-refractivity contribution is -0.140. The lowest BCUT2D eigenvalue weighted by Crippen LogP contribution is -2.31. The van der Waals surface area contributed by atoms with Crippen molar-refractivity contribution < 1.29 is 14.3 Å². The van der Waals surface area contributed by atoms with Crippen LogP contribution in [0.4, 0.5) is 0 Å². The van der Waals surface area contributed by atoms with Gasteiger partial charge >= 0.3 is 5.97 Å². The first-order chi connectivity index (χ1) is 7.01. The van der Waals surface area contributed by atoms with Gasteiger partial charge in [-0.1, -0.05) is 6.92 Å². The number of ether oxygens (including phenoxy) is 1. The quantitative estimate of drug-likeness (QED) is 0.700. The molecule has 0 rings (SSSR count). The fraction of sp³-hybridized carbons (Fsp3) is 0.800. The van der Waals surface area contributed by atoms with E-state index in [2.05, 4.69) is 10.1 Å². The lowest BCUT2D eigenvalue weighted by Gasteiger charge is -2.15. The van der Waals surface area contributed by atoms with Gasteiger partial charge in [-0.15, -0.1) is 11.8 Å². The van der Waals surface area contributed by atoms with Crippen LogP contribution < -0.4 is 5.32 Å². The molecule has 15 heavy (non-hydrogen) atoms. The molecule has 0 saturated carbocycles. The molecule has 4 nitrogen and oxygen atoms in total. The summed E-state index contributed by atoms with van der Waals surface area (Å²) in [6, 6.07) is 0. The number of nitrogens with one attached hydrogen (secondary N) is 1. The summed E-state index contributed by atoms with van der Waals surface area (Å²) in [6.45, 7) is 6.27. The summed E-state index contributed by atoms with van der Waals surface area (Å²) in [4.78, 5) is 22.3. The maximum atomic E-state index is 11.4. The maximum absolute atomic E-state index is 11.4. The smallest absolute Gasteiger partial charge is 0.306 e. The molecule has 2 unspecified atom stereocenters. The third kappa shape index (κ3) is 6.38. The van der Waals surface area contributed by atoms with Gasteiger partial charge in [0.15, 0.2) is 0 Å². The van der Waals surface area contributed by atoms with Crippen molar-refractivity contribution in [3.63, 3.8) is 0 Å². The summed E-state index contributed by atoms with van der Waals surface area (Å²) in [5, 5.41) is 2.70. The van der Waals surface area contributed by atoms with E-state index >= 15 is 0 Å². The number of hydrogen-bond donors (Lipinski definition) is 1. The molecule has 0 saturated heterocycles. The van der Waals surface area contributed by atoms with E-state index in [1.54, 1.807) is 0 Å². The molecule has 0 aromatic carbocycles. The number of rotatable bonds is 6. The van der Waals surface area contributed by atoms with Crippen molar-refractivity contribution in [3.05, 3.63) is 0 Å². The van der Waals surface area contributed by atoms with Gasteiger partial charge in [0.05, 0.1) is 18.8 Å². The van der Waals surface area contributed by atoms with Crippen LogP contribution in [0, 0.1) is 0 Å². The Morgan fingerprint density at radius 2 is 2.00 bits per heavy atom. The third-order valence-corrected chi connectivity index (χ3v) is 3.09. The normalized spacial score (nSPS) is 14.1. The largest absolute Gasteiger partial charge is 0.469 e. The van der Waals surface area contributed by atoms with Gasteiger partial charge in [-0.25, -0.2) is 0 Å². The Balaban J connectivity index is 3.89. The summed E-state index contributed by atoms with van der Waals surface area (Å²) >= 11 is 1.48. The van der Waals surface area contributed by atoms with E-state index in [0.29, 0.717) is 13.0 Å². The van der Waals surface area contributed by atoms with Gasteiger partial charge in [0.2, 0.25) is 5.91 Å². The van der Waals surface area contributed by atoms with Crippen molar-refractivity contribution in [1.29, 1.82) is 0 Å². The van der Waals surface area contributed by atoms with E-state index in [9.17, 15) is 9.59 Å². The molecule has 0 heterocycles. The summed E-state index contributed by atoms with van der Waals surface area (Å²) in [5.41, 5.74) is 0. The van der Waals surface area contributed by atoms with Crippen LogP contribution in [-0.4, -0.2) is 36.0 Å². The second-order valence-corrected chi connectivity index (χ2v) is 5.05. The monoisotopic (exact) mass is 233 g/mol. The topological polar surface area (TPSA) is 55.4 Å². The highest BCUT2D eigenvalue weighted by atomic mass is 32.2. The third-order valence-electron chi connectivity index (χ3n) is 1.84. The molecule has 0 bridgehead atoms. The van der Waals surface area contributed by atoms with Crippen molar-refractivity contribution >= 4 is 23.6 Å². The Labute approximate surface area is 95.1 Å². The van der Waals surface area contributed by atoms with Crippen molar-refractivity contribution in [2.75, 3.05) is 13.7 Å². The summed E-state index contributed by atoms with van der Waals surface area (Å²) < 4.78 is 4.56. The Kier molecular flexibility index (Phi) is 7.21. The van der Waals surface area contributed by atoms with Crippen molar-refractivity contribution in [3.8, 4) is 0 Å². The fourth-order valence-electron chi connectivity index (χ4n) is 1.09. The van der Waals surface area contributed by atoms with Gasteiger partial charge in [0, 0.05) is 11.8 Å². The number of carbonyl (C=O) groups is 2. The van der Waals surface area contributed by atoms with Crippen LogP contribution in [0.3, 0.4) is 0 Å². The predicted molar refractivity (Wildman–Crippen MR) is 61.8 cm³/mol. The highest BCUT2D eigenvalue weighted by Gasteiger charge is 2.18. The van der Waals surface area contributed by atoms with Gasteiger partial charge in [0.25, 0.3) is 0 Å². The minimum Gasteiger partial charge on any atom is -0.469 e. The second-order valence-electron chi connectivity index (χ2n) is 3.26. The van der Waals surface area contributed by atoms with E-state index in [1.165, 1.54) is 18.9 Å². The zero-order valence-electron chi connectivity index (χ0n) is 9.70.